The molecule has 0 N–H and O–H groups in total. The van der Waals surface area contributed by atoms with E-state index in [1.165, 1.54) is 0 Å². The van der Waals surface area contributed by atoms with Crippen LogP contribution in [0.15, 0.2) is 6.20 Å². The van der Waals surface area contributed by atoms with Gasteiger partial charge in [0.25, 0.3) is 6.43 Å². The summed E-state index contributed by atoms with van der Waals surface area (Å²) in [6, 6.07) is 1.06. The molecule has 0 fully saturated rings. The first-order chi connectivity index (χ1) is 8.73. The zero-order chi connectivity index (χ0) is 14.8. The number of nitriles is 1. The van der Waals surface area contributed by atoms with Crippen LogP contribution >= 0.6 is 0 Å². The average molecular weight is 280 g/mol. The Labute approximate surface area is 103 Å². The lowest BCUT2D eigenvalue weighted by atomic mass is 10.0. The Morgan fingerprint density at radius 2 is 2.05 bits per heavy atom. The Bertz CT molecular complexity index is 548. The van der Waals surface area contributed by atoms with Crippen molar-refractivity contribution in [2.45, 2.75) is 12.6 Å². The van der Waals surface area contributed by atoms with Gasteiger partial charge in [-0.05, 0) is 0 Å². The first-order valence-corrected chi connectivity index (χ1v) is 4.60. The molecule has 0 aromatic carbocycles. The van der Waals surface area contributed by atoms with Crippen molar-refractivity contribution in [3.63, 3.8) is 0 Å². The summed E-state index contributed by atoms with van der Waals surface area (Å²) < 4.78 is 67.4. The van der Waals surface area contributed by atoms with Crippen molar-refractivity contribution in [1.29, 1.82) is 5.26 Å². The molecule has 0 radical (unpaired) electrons. The Kier molecular flexibility index (Phi) is 4.04. The highest BCUT2D eigenvalue weighted by molar-refractivity contribution is 5.90. The van der Waals surface area contributed by atoms with Crippen LogP contribution in [0.3, 0.4) is 0 Å². The second kappa shape index (κ2) is 5.17. The first kappa shape index (κ1) is 14.8. The molecule has 0 aliphatic rings. The van der Waals surface area contributed by atoms with Crippen LogP contribution in [-0.2, 0) is 10.9 Å². The van der Waals surface area contributed by atoms with Gasteiger partial charge in [-0.15, -0.1) is 0 Å². The minimum Gasteiger partial charge on any atom is -0.464 e. The Balaban J connectivity index is 3.71. The zero-order valence-electron chi connectivity index (χ0n) is 9.26. The maximum Gasteiger partial charge on any atom is 0.418 e. The lowest BCUT2D eigenvalue weighted by molar-refractivity contribution is -0.139. The van der Waals surface area contributed by atoms with E-state index < -0.39 is 41.0 Å². The molecule has 0 saturated carbocycles. The number of halogens is 5. The van der Waals surface area contributed by atoms with Gasteiger partial charge in [0, 0.05) is 11.8 Å². The molecule has 4 nitrogen and oxygen atoms in total. The zero-order valence-corrected chi connectivity index (χ0v) is 9.26. The average Bonchev–Trinajstić information content (AvgIpc) is 2.34. The smallest absolute Gasteiger partial charge is 0.418 e. The van der Waals surface area contributed by atoms with Crippen LogP contribution in [0.2, 0.25) is 0 Å². The second-order valence-corrected chi connectivity index (χ2v) is 3.21. The first-order valence-electron chi connectivity index (χ1n) is 4.60. The number of pyridine rings is 1. The maximum absolute atomic E-state index is 12.7. The molecule has 1 aromatic heterocycles. The highest BCUT2D eigenvalue weighted by Gasteiger charge is 2.41. The van der Waals surface area contributed by atoms with E-state index >= 15 is 0 Å². The van der Waals surface area contributed by atoms with Gasteiger partial charge in [0.1, 0.15) is 6.07 Å². The third kappa shape index (κ3) is 2.78. The fourth-order valence-corrected chi connectivity index (χ4v) is 1.36. The summed E-state index contributed by atoms with van der Waals surface area (Å²) in [5.41, 5.74) is -5.57. The summed E-state index contributed by atoms with van der Waals surface area (Å²) in [5, 5.41) is 8.67. The molecular formula is C10H5F5N2O2. The molecule has 0 aliphatic carbocycles. The number of alkyl halides is 5. The van der Waals surface area contributed by atoms with Gasteiger partial charge in [-0.3, -0.25) is 0 Å². The minimum atomic E-state index is -5.22. The summed E-state index contributed by atoms with van der Waals surface area (Å²) in [5.74, 6) is -1.32. The van der Waals surface area contributed by atoms with Crippen LogP contribution in [-0.4, -0.2) is 18.1 Å². The van der Waals surface area contributed by atoms with Gasteiger partial charge < -0.3 is 4.74 Å². The number of esters is 1. The van der Waals surface area contributed by atoms with Crippen molar-refractivity contribution in [3.05, 3.63) is 28.6 Å². The van der Waals surface area contributed by atoms with Crippen molar-refractivity contribution in [3.8, 4) is 6.07 Å². The molecule has 1 aromatic rings. The maximum atomic E-state index is 12.7. The molecule has 0 bridgehead atoms. The van der Waals surface area contributed by atoms with E-state index in [1.54, 1.807) is 0 Å². The van der Waals surface area contributed by atoms with Crippen LogP contribution in [0, 0.1) is 11.3 Å². The van der Waals surface area contributed by atoms with Crippen molar-refractivity contribution in [2.24, 2.45) is 0 Å². The summed E-state index contributed by atoms with van der Waals surface area (Å²) in [4.78, 5) is 14.3. The van der Waals surface area contributed by atoms with Crippen LogP contribution in [0.5, 0.6) is 0 Å². The highest BCUT2D eigenvalue weighted by atomic mass is 19.4. The molecule has 0 unspecified atom stereocenters. The third-order valence-corrected chi connectivity index (χ3v) is 2.12. The second-order valence-electron chi connectivity index (χ2n) is 3.21. The predicted molar refractivity (Wildman–Crippen MR) is 50.3 cm³/mol. The molecule has 0 atom stereocenters. The van der Waals surface area contributed by atoms with E-state index in [1.807, 2.05) is 0 Å². The van der Waals surface area contributed by atoms with E-state index in [9.17, 15) is 26.7 Å². The Morgan fingerprint density at radius 1 is 1.47 bits per heavy atom. The standard InChI is InChI=1S/C10H5F5N2O2/c1-19-9(18)7-4(2-16)6(10(13,14)15)5(3-17-7)8(11)12/h3,8H,1H3. The molecule has 0 aliphatic heterocycles. The van der Waals surface area contributed by atoms with Crippen LogP contribution in [0.25, 0.3) is 0 Å². The lowest BCUT2D eigenvalue weighted by Gasteiger charge is -2.15. The fraction of sp³-hybridized carbons (Fsp3) is 0.300. The minimum absolute atomic E-state index is 0.209. The van der Waals surface area contributed by atoms with Crippen LogP contribution in [0.1, 0.15) is 33.6 Å². The number of methoxy groups -OCH3 is 1. The number of hydrogen-bond acceptors (Lipinski definition) is 4. The fourth-order valence-electron chi connectivity index (χ4n) is 1.36. The summed E-state index contributed by atoms with van der Waals surface area (Å²) in [6.45, 7) is 0. The summed E-state index contributed by atoms with van der Waals surface area (Å²) >= 11 is 0. The number of carbonyl (C=O) groups excluding carboxylic acids is 1. The molecule has 9 heteroatoms. The van der Waals surface area contributed by atoms with Crippen LogP contribution in [0.4, 0.5) is 22.0 Å². The number of ether oxygens (including phenoxy) is 1. The van der Waals surface area contributed by atoms with Gasteiger partial charge in [0.05, 0.1) is 18.2 Å². The van der Waals surface area contributed by atoms with E-state index in [0.717, 1.165) is 13.2 Å². The topological polar surface area (TPSA) is 63.0 Å². The molecule has 0 saturated heterocycles. The van der Waals surface area contributed by atoms with Crippen molar-refractivity contribution in [1.82, 2.24) is 4.98 Å². The van der Waals surface area contributed by atoms with Gasteiger partial charge >= 0.3 is 12.1 Å². The third-order valence-electron chi connectivity index (χ3n) is 2.12. The molecule has 0 spiro atoms. The molecule has 102 valence electrons. The number of hydrogen-bond donors (Lipinski definition) is 0. The Morgan fingerprint density at radius 3 is 2.42 bits per heavy atom. The monoisotopic (exact) mass is 280 g/mol. The van der Waals surface area contributed by atoms with Gasteiger partial charge in [0.2, 0.25) is 0 Å². The SMILES string of the molecule is COC(=O)c1ncc(C(F)F)c(C(F)(F)F)c1C#N. The normalized spacial score (nSPS) is 11.3. The van der Waals surface area contributed by atoms with Gasteiger partial charge in [0.15, 0.2) is 5.69 Å². The van der Waals surface area contributed by atoms with Crippen molar-refractivity contribution < 1.29 is 31.5 Å². The molecule has 0 amide bonds. The number of carbonyl (C=O) groups is 1. The van der Waals surface area contributed by atoms with E-state index in [-0.39, 0.29) is 6.20 Å². The number of aromatic nitrogens is 1. The van der Waals surface area contributed by atoms with E-state index in [4.69, 9.17) is 5.26 Å². The quantitative estimate of drug-likeness (QED) is 0.617. The molecular weight excluding hydrogens is 275 g/mol. The summed E-state index contributed by atoms with van der Waals surface area (Å²) in [7, 11) is 0.861. The number of rotatable bonds is 2. The Hall–Kier alpha value is -2.24. The summed E-state index contributed by atoms with van der Waals surface area (Å²) in [6.07, 6.45) is -8.49. The van der Waals surface area contributed by atoms with E-state index in [0.29, 0.717) is 0 Å². The van der Waals surface area contributed by atoms with Gasteiger partial charge in [-0.2, -0.15) is 18.4 Å². The number of nitrogens with zero attached hydrogens (tertiary/aromatic N) is 2. The van der Waals surface area contributed by atoms with Crippen LogP contribution < -0.4 is 0 Å². The lowest BCUT2D eigenvalue weighted by Crippen LogP contribution is -2.18. The predicted octanol–water partition coefficient (Wildman–Crippen LogP) is 2.70. The van der Waals surface area contributed by atoms with Crippen molar-refractivity contribution in [2.75, 3.05) is 7.11 Å². The highest BCUT2D eigenvalue weighted by Crippen LogP contribution is 2.39. The van der Waals surface area contributed by atoms with Gasteiger partial charge in [-0.25, -0.2) is 18.6 Å². The molecule has 1 rings (SSSR count). The van der Waals surface area contributed by atoms with Gasteiger partial charge in [-0.1, -0.05) is 0 Å². The molecule has 19 heavy (non-hydrogen) atoms. The molecule has 1 heterocycles. The van der Waals surface area contributed by atoms with E-state index in [2.05, 4.69) is 9.72 Å². The largest absolute Gasteiger partial charge is 0.464 e. The van der Waals surface area contributed by atoms with Crippen molar-refractivity contribution >= 4 is 5.97 Å².